The monoisotopic (exact) mass is 196 g/mol. The Morgan fingerprint density at radius 2 is 1.93 bits per heavy atom. The fourth-order valence-corrected chi connectivity index (χ4v) is 3.30. The summed E-state index contributed by atoms with van der Waals surface area (Å²) in [5.41, 5.74) is 6.55. The topological polar surface area (TPSA) is 29.3 Å². The quantitative estimate of drug-likeness (QED) is 0.732. The largest absolute Gasteiger partial charge is 0.327 e. The van der Waals surface area contributed by atoms with Gasteiger partial charge in [0, 0.05) is 19.1 Å². The van der Waals surface area contributed by atoms with Crippen molar-refractivity contribution in [2.24, 2.45) is 11.1 Å². The molecule has 0 aromatic rings. The first-order valence-electron chi connectivity index (χ1n) is 6.18. The number of rotatable bonds is 2. The van der Waals surface area contributed by atoms with Crippen LogP contribution in [0.4, 0.5) is 0 Å². The van der Waals surface area contributed by atoms with E-state index < -0.39 is 0 Å². The average Bonchev–Trinajstić information content (AvgIpc) is 2.49. The molecule has 0 unspecified atom stereocenters. The highest BCUT2D eigenvalue weighted by Gasteiger charge is 2.38. The van der Waals surface area contributed by atoms with Gasteiger partial charge in [-0.15, -0.1) is 0 Å². The molecule has 82 valence electrons. The smallest absolute Gasteiger partial charge is 0.0139 e. The third-order valence-electron chi connectivity index (χ3n) is 3.98. The van der Waals surface area contributed by atoms with Gasteiger partial charge in [-0.25, -0.2) is 0 Å². The second-order valence-electron chi connectivity index (χ2n) is 5.52. The van der Waals surface area contributed by atoms with Crippen LogP contribution in [0.5, 0.6) is 0 Å². The lowest BCUT2D eigenvalue weighted by atomic mass is 9.73. The lowest BCUT2D eigenvalue weighted by molar-refractivity contribution is 0.184. The van der Waals surface area contributed by atoms with Gasteiger partial charge < -0.3 is 10.6 Å². The van der Waals surface area contributed by atoms with E-state index in [2.05, 4.69) is 11.8 Å². The Morgan fingerprint density at radius 3 is 2.57 bits per heavy atom. The second kappa shape index (κ2) is 4.19. The van der Waals surface area contributed by atoms with Crippen molar-refractivity contribution in [3.8, 4) is 0 Å². The molecule has 0 radical (unpaired) electrons. The Hall–Kier alpha value is -0.0800. The third kappa shape index (κ3) is 2.29. The van der Waals surface area contributed by atoms with Gasteiger partial charge in [0.05, 0.1) is 0 Å². The van der Waals surface area contributed by atoms with Gasteiger partial charge in [-0.1, -0.05) is 19.3 Å². The first-order chi connectivity index (χ1) is 6.70. The molecular formula is C12H24N2. The van der Waals surface area contributed by atoms with Crippen LogP contribution < -0.4 is 5.73 Å². The number of nitrogens with two attached hydrogens (primary N) is 1. The van der Waals surface area contributed by atoms with E-state index in [1.54, 1.807) is 0 Å². The fourth-order valence-electron chi connectivity index (χ4n) is 3.30. The number of hydrogen-bond donors (Lipinski definition) is 1. The summed E-state index contributed by atoms with van der Waals surface area (Å²) >= 11 is 0. The van der Waals surface area contributed by atoms with Crippen molar-refractivity contribution in [3.05, 3.63) is 0 Å². The van der Waals surface area contributed by atoms with Gasteiger partial charge in [-0.3, -0.25) is 0 Å². The number of nitrogens with zero attached hydrogens (tertiary/aromatic N) is 1. The van der Waals surface area contributed by atoms with Crippen molar-refractivity contribution in [1.29, 1.82) is 0 Å². The van der Waals surface area contributed by atoms with E-state index in [1.807, 2.05) is 0 Å². The molecule has 0 aromatic heterocycles. The maximum Gasteiger partial charge on any atom is 0.0139 e. The van der Waals surface area contributed by atoms with Crippen molar-refractivity contribution in [2.45, 2.75) is 51.5 Å². The van der Waals surface area contributed by atoms with Crippen LogP contribution >= 0.6 is 0 Å². The molecule has 2 aliphatic rings. The summed E-state index contributed by atoms with van der Waals surface area (Å²) in [6.45, 7) is 5.84. The van der Waals surface area contributed by atoms with Crippen LogP contribution in [-0.4, -0.2) is 30.6 Å². The molecule has 1 heterocycles. The zero-order chi connectivity index (χ0) is 10.0. The van der Waals surface area contributed by atoms with E-state index in [9.17, 15) is 0 Å². The molecule has 1 aliphatic carbocycles. The van der Waals surface area contributed by atoms with Crippen LogP contribution in [0.2, 0.25) is 0 Å². The summed E-state index contributed by atoms with van der Waals surface area (Å²) in [4.78, 5) is 2.58. The molecule has 14 heavy (non-hydrogen) atoms. The number of hydrogen-bond acceptors (Lipinski definition) is 2. The summed E-state index contributed by atoms with van der Waals surface area (Å²) < 4.78 is 0. The lowest BCUT2D eigenvalue weighted by Crippen LogP contribution is -2.36. The lowest BCUT2D eigenvalue weighted by Gasteiger charge is -2.33. The van der Waals surface area contributed by atoms with Crippen molar-refractivity contribution < 1.29 is 0 Å². The van der Waals surface area contributed by atoms with Gasteiger partial charge in [-0.2, -0.15) is 0 Å². The standard InChI is InChI=1S/C12H24N2/c1-11(13)9-14-8-7-12(10-14)5-3-2-4-6-12/h11H,2-10,13H2,1H3/t11-/m1/s1. The zero-order valence-electron chi connectivity index (χ0n) is 9.47. The van der Waals surface area contributed by atoms with Gasteiger partial charge in [0.2, 0.25) is 0 Å². The van der Waals surface area contributed by atoms with Crippen molar-refractivity contribution in [1.82, 2.24) is 4.90 Å². The van der Waals surface area contributed by atoms with Crippen LogP contribution in [0.25, 0.3) is 0 Å². The van der Waals surface area contributed by atoms with Crippen LogP contribution in [0, 0.1) is 5.41 Å². The minimum atomic E-state index is 0.341. The summed E-state index contributed by atoms with van der Waals surface area (Å²) in [5.74, 6) is 0. The molecule has 1 aliphatic heterocycles. The van der Waals surface area contributed by atoms with Crippen molar-refractivity contribution >= 4 is 0 Å². The van der Waals surface area contributed by atoms with Gasteiger partial charge in [0.1, 0.15) is 0 Å². The minimum Gasteiger partial charge on any atom is -0.327 e. The molecule has 1 saturated heterocycles. The highest BCUT2D eigenvalue weighted by Crippen LogP contribution is 2.43. The predicted molar refractivity (Wildman–Crippen MR) is 60.2 cm³/mol. The Balaban J connectivity index is 1.86. The normalized spacial score (nSPS) is 29.6. The van der Waals surface area contributed by atoms with Gasteiger partial charge >= 0.3 is 0 Å². The molecule has 2 N–H and O–H groups in total. The molecule has 0 aromatic carbocycles. The Morgan fingerprint density at radius 1 is 1.21 bits per heavy atom. The fraction of sp³-hybridized carbons (Fsp3) is 1.00. The van der Waals surface area contributed by atoms with E-state index >= 15 is 0 Å². The van der Waals surface area contributed by atoms with E-state index in [0.29, 0.717) is 11.5 Å². The highest BCUT2D eigenvalue weighted by molar-refractivity contribution is 4.92. The van der Waals surface area contributed by atoms with Crippen LogP contribution in [0.15, 0.2) is 0 Å². The summed E-state index contributed by atoms with van der Waals surface area (Å²) in [7, 11) is 0. The van der Waals surface area contributed by atoms with E-state index in [0.717, 1.165) is 6.54 Å². The third-order valence-corrected chi connectivity index (χ3v) is 3.98. The molecular weight excluding hydrogens is 172 g/mol. The van der Waals surface area contributed by atoms with Crippen LogP contribution in [0.1, 0.15) is 45.4 Å². The molecule has 1 atom stereocenters. The summed E-state index contributed by atoms with van der Waals surface area (Å²) in [6, 6.07) is 0.341. The van der Waals surface area contributed by atoms with Crippen LogP contribution in [0.3, 0.4) is 0 Å². The Bertz CT molecular complexity index is 183. The van der Waals surface area contributed by atoms with Crippen molar-refractivity contribution in [2.75, 3.05) is 19.6 Å². The molecule has 1 saturated carbocycles. The molecule has 0 bridgehead atoms. The highest BCUT2D eigenvalue weighted by atomic mass is 15.2. The molecule has 0 amide bonds. The first-order valence-corrected chi connectivity index (χ1v) is 6.18. The van der Waals surface area contributed by atoms with E-state index in [4.69, 9.17) is 5.73 Å². The Kier molecular flexibility index (Phi) is 3.13. The average molecular weight is 196 g/mol. The summed E-state index contributed by atoms with van der Waals surface area (Å²) in [5, 5.41) is 0. The second-order valence-corrected chi connectivity index (χ2v) is 5.52. The molecule has 2 nitrogen and oxygen atoms in total. The zero-order valence-corrected chi connectivity index (χ0v) is 9.47. The van der Waals surface area contributed by atoms with Gasteiger partial charge in [0.25, 0.3) is 0 Å². The van der Waals surface area contributed by atoms with Gasteiger partial charge in [0.15, 0.2) is 0 Å². The minimum absolute atomic E-state index is 0.341. The predicted octanol–water partition coefficient (Wildman–Crippen LogP) is 1.99. The van der Waals surface area contributed by atoms with Gasteiger partial charge in [-0.05, 0) is 38.1 Å². The van der Waals surface area contributed by atoms with E-state index in [-0.39, 0.29) is 0 Å². The first kappa shape index (κ1) is 10.4. The SMILES string of the molecule is C[C@@H](N)CN1CCC2(CCCCC2)C1. The molecule has 2 heteroatoms. The summed E-state index contributed by atoms with van der Waals surface area (Å²) in [6.07, 6.45) is 8.78. The van der Waals surface area contributed by atoms with E-state index in [1.165, 1.54) is 51.6 Å². The maximum atomic E-state index is 5.85. The molecule has 2 rings (SSSR count). The maximum absolute atomic E-state index is 5.85. The molecule has 2 fully saturated rings. The van der Waals surface area contributed by atoms with Crippen molar-refractivity contribution in [3.63, 3.8) is 0 Å². The number of likely N-dealkylation sites (tertiary alicyclic amines) is 1. The van der Waals surface area contributed by atoms with Crippen LogP contribution in [-0.2, 0) is 0 Å². The Labute approximate surface area is 87.8 Å². The molecule has 1 spiro atoms.